The van der Waals surface area contributed by atoms with Gasteiger partial charge in [0.25, 0.3) is 5.69 Å². The smallest absolute Gasteiger partial charge is 0.345 e. The number of ether oxygens (including phenoxy) is 3. The molecule has 0 unspecified atom stereocenters. The topological polar surface area (TPSA) is 118 Å². The standard InChI is InChI=1S/C21H19NO8/c1-4-28-19-10-16(22(25)26)15(9-18(19)27-3)21(24)29-11-13-8-20(23)30-17-7-12(2)5-6-14(13)17/h5-10H,4,11H2,1-3H3. The molecule has 9 heteroatoms. The van der Waals surface area contributed by atoms with Crippen molar-refractivity contribution in [3.05, 3.63) is 73.6 Å². The van der Waals surface area contributed by atoms with E-state index in [1.807, 2.05) is 13.0 Å². The van der Waals surface area contributed by atoms with Crippen LogP contribution in [0.25, 0.3) is 11.0 Å². The first-order valence-corrected chi connectivity index (χ1v) is 9.03. The van der Waals surface area contributed by atoms with Gasteiger partial charge >= 0.3 is 11.6 Å². The lowest BCUT2D eigenvalue weighted by molar-refractivity contribution is -0.385. The highest BCUT2D eigenvalue weighted by Crippen LogP contribution is 2.35. The lowest BCUT2D eigenvalue weighted by Crippen LogP contribution is -2.11. The molecule has 0 N–H and O–H groups in total. The van der Waals surface area contributed by atoms with Crippen molar-refractivity contribution in [2.75, 3.05) is 13.7 Å². The zero-order valence-electron chi connectivity index (χ0n) is 16.6. The van der Waals surface area contributed by atoms with Crippen molar-refractivity contribution < 1.29 is 28.3 Å². The van der Waals surface area contributed by atoms with Gasteiger partial charge in [-0.3, -0.25) is 10.1 Å². The molecule has 1 aromatic heterocycles. The van der Waals surface area contributed by atoms with Crippen LogP contribution in [0, 0.1) is 17.0 Å². The van der Waals surface area contributed by atoms with Crippen LogP contribution in [-0.4, -0.2) is 24.6 Å². The van der Waals surface area contributed by atoms with Crippen LogP contribution in [0.1, 0.15) is 28.4 Å². The molecule has 2 aromatic carbocycles. The Labute approximate surface area is 170 Å². The number of hydrogen-bond donors (Lipinski definition) is 0. The second-order valence-electron chi connectivity index (χ2n) is 6.38. The molecule has 0 aliphatic carbocycles. The van der Waals surface area contributed by atoms with Crippen molar-refractivity contribution in [1.82, 2.24) is 0 Å². The molecule has 0 spiro atoms. The average molecular weight is 413 g/mol. The number of fused-ring (bicyclic) bond motifs is 1. The Morgan fingerprint density at radius 3 is 2.60 bits per heavy atom. The van der Waals surface area contributed by atoms with E-state index in [0.717, 1.165) is 11.6 Å². The molecule has 156 valence electrons. The van der Waals surface area contributed by atoms with E-state index in [9.17, 15) is 19.7 Å². The average Bonchev–Trinajstić information content (AvgIpc) is 2.71. The van der Waals surface area contributed by atoms with Crippen molar-refractivity contribution in [2.45, 2.75) is 20.5 Å². The van der Waals surface area contributed by atoms with Crippen LogP contribution in [0.2, 0.25) is 0 Å². The second-order valence-corrected chi connectivity index (χ2v) is 6.38. The molecule has 3 rings (SSSR count). The minimum atomic E-state index is -0.934. The van der Waals surface area contributed by atoms with Gasteiger partial charge in [0.15, 0.2) is 11.5 Å². The number of carbonyl (C=O) groups excluding carboxylic acids is 1. The molecule has 9 nitrogen and oxygen atoms in total. The van der Waals surface area contributed by atoms with Crippen LogP contribution in [0.3, 0.4) is 0 Å². The fraction of sp³-hybridized carbons (Fsp3) is 0.238. The first kappa shape index (κ1) is 20.8. The van der Waals surface area contributed by atoms with Crippen LogP contribution < -0.4 is 15.1 Å². The molecule has 0 bridgehead atoms. The molecule has 0 radical (unpaired) electrons. The molecule has 0 aliphatic rings. The summed E-state index contributed by atoms with van der Waals surface area (Å²) in [4.78, 5) is 35.2. The van der Waals surface area contributed by atoms with Crippen LogP contribution in [0.4, 0.5) is 5.69 Å². The van der Waals surface area contributed by atoms with E-state index in [-0.39, 0.29) is 30.3 Å². The fourth-order valence-corrected chi connectivity index (χ4v) is 2.97. The van der Waals surface area contributed by atoms with Crippen molar-refractivity contribution in [3.63, 3.8) is 0 Å². The molecule has 0 aliphatic heterocycles. The summed E-state index contributed by atoms with van der Waals surface area (Å²) >= 11 is 0. The van der Waals surface area contributed by atoms with Gasteiger partial charge < -0.3 is 18.6 Å². The predicted molar refractivity (Wildman–Crippen MR) is 107 cm³/mol. The maximum absolute atomic E-state index is 12.6. The Kier molecular flexibility index (Phi) is 6.01. The van der Waals surface area contributed by atoms with Crippen LogP contribution in [0.15, 0.2) is 45.6 Å². The number of hydrogen-bond acceptors (Lipinski definition) is 8. The van der Waals surface area contributed by atoms with Crippen molar-refractivity contribution in [3.8, 4) is 11.5 Å². The Bertz CT molecular complexity index is 1180. The van der Waals surface area contributed by atoms with E-state index < -0.39 is 22.2 Å². The summed E-state index contributed by atoms with van der Waals surface area (Å²) in [5, 5.41) is 12.1. The van der Waals surface area contributed by atoms with E-state index in [1.165, 1.54) is 19.2 Å². The minimum Gasteiger partial charge on any atom is -0.493 e. The van der Waals surface area contributed by atoms with Crippen molar-refractivity contribution >= 4 is 22.6 Å². The first-order valence-electron chi connectivity index (χ1n) is 9.03. The third kappa shape index (κ3) is 4.24. The zero-order valence-corrected chi connectivity index (χ0v) is 16.6. The summed E-state index contributed by atoms with van der Waals surface area (Å²) in [5.41, 5.74) is 0.336. The number of nitro groups is 1. The Balaban J connectivity index is 1.94. The lowest BCUT2D eigenvalue weighted by Gasteiger charge is -2.12. The summed E-state index contributed by atoms with van der Waals surface area (Å²) < 4.78 is 20.9. The summed E-state index contributed by atoms with van der Waals surface area (Å²) in [6.07, 6.45) is 0. The van der Waals surface area contributed by atoms with E-state index in [1.54, 1.807) is 19.1 Å². The van der Waals surface area contributed by atoms with Gasteiger partial charge in [-0.05, 0) is 25.5 Å². The number of rotatable bonds is 7. The highest BCUT2D eigenvalue weighted by Gasteiger charge is 2.26. The number of carbonyl (C=O) groups is 1. The van der Waals surface area contributed by atoms with Crippen LogP contribution in [-0.2, 0) is 11.3 Å². The number of aryl methyl sites for hydroxylation is 1. The molecular weight excluding hydrogens is 394 g/mol. The van der Waals surface area contributed by atoms with Gasteiger partial charge in [0.05, 0.1) is 24.7 Å². The Morgan fingerprint density at radius 1 is 1.17 bits per heavy atom. The molecule has 30 heavy (non-hydrogen) atoms. The zero-order chi connectivity index (χ0) is 21.8. The van der Waals surface area contributed by atoms with Gasteiger partial charge in [-0.2, -0.15) is 0 Å². The second kappa shape index (κ2) is 8.64. The number of esters is 1. The van der Waals surface area contributed by atoms with E-state index in [4.69, 9.17) is 18.6 Å². The van der Waals surface area contributed by atoms with Gasteiger partial charge in [0, 0.05) is 23.1 Å². The number of benzene rings is 2. The van der Waals surface area contributed by atoms with Crippen LogP contribution in [0.5, 0.6) is 11.5 Å². The van der Waals surface area contributed by atoms with Crippen molar-refractivity contribution in [1.29, 1.82) is 0 Å². The van der Waals surface area contributed by atoms with Gasteiger partial charge in [-0.25, -0.2) is 9.59 Å². The predicted octanol–water partition coefficient (Wildman–Crippen LogP) is 3.77. The number of methoxy groups -OCH3 is 1. The highest BCUT2D eigenvalue weighted by molar-refractivity contribution is 5.95. The SMILES string of the molecule is CCOc1cc([N+](=O)[O-])c(C(=O)OCc2cc(=O)oc3cc(C)ccc23)cc1OC. The minimum absolute atomic E-state index is 0.144. The van der Waals surface area contributed by atoms with E-state index in [0.29, 0.717) is 16.5 Å². The van der Waals surface area contributed by atoms with Gasteiger partial charge in [-0.1, -0.05) is 12.1 Å². The number of nitrogens with zero attached hydrogens (tertiary/aromatic N) is 1. The third-order valence-corrected chi connectivity index (χ3v) is 4.34. The fourth-order valence-electron chi connectivity index (χ4n) is 2.97. The quantitative estimate of drug-likeness (QED) is 0.249. The Hall–Kier alpha value is -3.88. The highest BCUT2D eigenvalue weighted by atomic mass is 16.6. The van der Waals surface area contributed by atoms with E-state index >= 15 is 0 Å². The lowest BCUT2D eigenvalue weighted by atomic mass is 10.1. The summed E-state index contributed by atoms with van der Waals surface area (Å²) in [6, 6.07) is 8.82. The Morgan fingerprint density at radius 2 is 1.93 bits per heavy atom. The first-order chi connectivity index (χ1) is 14.3. The summed E-state index contributed by atoms with van der Waals surface area (Å²) in [7, 11) is 1.36. The summed E-state index contributed by atoms with van der Waals surface area (Å²) in [6.45, 7) is 3.57. The van der Waals surface area contributed by atoms with Gasteiger partial charge in [0.2, 0.25) is 0 Å². The molecule has 0 amide bonds. The monoisotopic (exact) mass is 413 g/mol. The number of nitro benzene ring substituents is 1. The van der Waals surface area contributed by atoms with Gasteiger partial charge in [0.1, 0.15) is 17.8 Å². The molecule has 0 saturated carbocycles. The largest absolute Gasteiger partial charge is 0.493 e. The summed E-state index contributed by atoms with van der Waals surface area (Å²) in [5.74, 6) is -0.627. The van der Waals surface area contributed by atoms with E-state index in [2.05, 4.69) is 0 Å². The molecular formula is C21H19NO8. The molecule has 0 fully saturated rings. The maximum Gasteiger partial charge on any atom is 0.345 e. The maximum atomic E-state index is 12.6. The third-order valence-electron chi connectivity index (χ3n) is 4.34. The van der Waals surface area contributed by atoms with Crippen molar-refractivity contribution in [2.24, 2.45) is 0 Å². The molecule has 0 saturated heterocycles. The van der Waals surface area contributed by atoms with Gasteiger partial charge in [-0.15, -0.1) is 0 Å². The normalized spacial score (nSPS) is 10.6. The van der Waals surface area contributed by atoms with Crippen LogP contribution >= 0.6 is 0 Å². The molecule has 1 heterocycles. The molecule has 0 atom stereocenters. The molecule has 3 aromatic rings.